The van der Waals surface area contributed by atoms with Crippen LogP contribution in [0.25, 0.3) is 0 Å². The fourth-order valence-electron chi connectivity index (χ4n) is 2.86. The molecule has 2 aromatic carbocycles. The van der Waals surface area contributed by atoms with Gasteiger partial charge in [-0.05, 0) is 49.7 Å². The van der Waals surface area contributed by atoms with Crippen molar-refractivity contribution in [1.82, 2.24) is 9.55 Å². The average Bonchev–Trinajstić information content (AvgIpc) is 2.72. The van der Waals surface area contributed by atoms with Crippen LogP contribution >= 0.6 is 11.8 Å². The molecule has 30 heavy (non-hydrogen) atoms. The summed E-state index contributed by atoms with van der Waals surface area (Å²) in [4.78, 5) is 29.8. The molecule has 3 aromatic rings. The van der Waals surface area contributed by atoms with Crippen LogP contribution in [-0.4, -0.2) is 20.7 Å². The monoisotopic (exact) mass is 429 g/mol. The normalized spacial score (nSPS) is 11.9. The summed E-state index contributed by atoms with van der Waals surface area (Å²) in [5.74, 6) is -1.06. The van der Waals surface area contributed by atoms with Crippen molar-refractivity contribution in [1.29, 1.82) is 0 Å². The lowest BCUT2D eigenvalue weighted by atomic mass is 10.0. The Morgan fingerprint density at radius 1 is 1.17 bits per heavy atom. The lowest BCUT2D eigenvalue weighted by Crippen LogP contribution is -2.28. The SMILES string of the molecule is Cc1nc(SC(C)C(=O)Nc2ccc(F)cc2)n(C)c(=O)c1Cc1ccccc1F. The van der Waals surface area contributed by atoms with Crippen molar-refractivity contribution >= 4 is 23.4 Å². The van der Waals surface area contributed by atoms with E-state index in [1.54, 1.807) is 39.1 Å². The van der Waals surface area contributed by atoms with Crippen molar-refractivity contribution in [3.05, 3.63) is 87.3 Å². The van der Waals surface area contributed by atoms with Gasteiger partial charge in [-0.15, -0.1) is 0 Å². The number of anilines is 1. The first-order valence-corrected chi connectivity index (χ1v) is 10.2. The van der Waals surface area contributed by atoms with E-state index in [-0.39, 0.29) is 29.5 Å². The minimum absolute atomic E-state index is 0.143. The second-order valence-corrected chi connectivity index (χ2v) is 8.15. The number of carbonyl (C=O) groups excluding carboxylic acids is 1. The maximum Gasteiger partial charge on any atom is 0.257 e. The highest BCUT2D eigenvalue weighted by Crippen LogP contribution is 2.23. The predicted octanol–water partition coefficient (Wildman–Crippen LogP) is 4.08. The first kappa shape index (κ1) is 21.7. The van der Waals surface area contributed by atoms with Crippen LogP contribution in [-0.2, 0) is 18.3 Å². The fraction of sp³-hybridized carbons (Fsp3) is 0.227. The van der Waals surface area contributed by atoms with E-state index in [2.05, 4.69) is 10.3 Å². The van der Waals surface area contributed by atoms with E-state index in [0.717, 1.165) is 11.8 Å². The topological polar surface area (TPSA) is 64.0 Å². The fourth-order valence-corrected chi connectivity index (χ4v) is 3.77. The molecule has 0 saturated carbocycles. The zero-order chi connectivity index (χ0) is 21.8. The number of amides is 1. The molecule has 1 unspecified atom stereocenters. The quantitative estimate of drug-likeness (QED) is 0.474. The third-order valence-electron chi connectivity index (χ3n) is 4.64. The Morgan fingerprint density at radius 2 is 1.83 bits per heavy atom. The highest BCUT2D eigenvalue weighted by Gasteiger charge is 2.20. The molecule has 0 saturated heterocycles. The van der Waals surface area contributed by atoms with E-state index < -0.39 is 5.25 Å². The molecule has 0 bridgehead atoms. The van der Waals surface area contributed by atoms with Crippen molar-refractivity contribution in [3.63, 3.8) is 0 Å². The number of hydrogen-bond donors (Lipinski definition) is 1. The number of carbonyl (C=O) groups is 1. The van der Waals surface area contributed by atoms with Crippen LogP contribution in [0.1, 0.15) is 23.7 Å². The first-order chi connectivity index (χ1) is 14.3. The summed E-state index contributed by atoms with van der Waals surface area (Å²) in [5, 5.41) is 2.54. The molecule has 1 heterocycles. The molecule has 1 N–H and O–H groups in total. The molecule has 0 radical (unpaired) electrons. The third kappa shape index (κ3) is 4.94. The van der Waals surface area contributed by atoms with E-state index in [1.165, 1.54) is 34.9 Å². The third-order valence-corrected chi connectivity index (χ3v) is 5.78. The van der Waals surface area contributed by atoms with E-state index in [4.69, 9.17) is 0 Å². The smallest absolute Gasteiger partial charge is 0.257 e. The molecule has 0 aliphatic carbocycles. The van der Waals surface area contributed by atoms with Crippen molar-refractivity contribution in [3.8, 4) is 0 Å². The summed E-state index contributed by atoms with van der Waals surface area (Å²) in [6.45, 7) is 3.39. The summed E-state index contributed by atoms with van der Waals surface area (Å²) in [5.41, 5.74) is 1.53. The maximum atomic E-state index is 14.0. The van der Waals surface area contributed by atoms with Gasteiger partial charge in [0, 0.05) is 30.4 Å². The number of aryl methyl sites for hydroxylation is 1. The molecular formula is C22H21F2N3O2S. The number of nitrogens with one attached hydrogen (secondary N) is 1. The van der Waals surface area contributed by atoms with Gasteiger partial charge in [0.25, 0.3) is 5.56 Å². The molecule has 5 nitrogen and oxygen atoms in total. The summed E-state index contributed by atoms with van der Waals surface area (Å²) >= 11 is 1.14. The molecule has 0 aliphatic heterocycles. The average molecular weight is 429 g/mol. The van der Waals surface area contributed by atoms with Crippen LogP contribution in [0.5, 0.6) is 0 Å². The number of aromatic nitrogens is 2. The largest absolute Gasteiger partial charge is 0.325 e. The molecule has 8 heteroatoms. The van der Waals surface area contributed by atoms with Gasteiger partial charge < -0.3 is 5.32 Å². The van der Waals surface area contributed by atoms with Gasteiger partial charge in [-0.1, -0.05) is 30.0 Å². The molecule has 0 spiro atoms. The molecule has 156 valence electrons. The summed E-state index contributed by atoms with van der Waals surface area (Å²) in [6, 6.07) is 11.8. The van der Waals surface area contributed by atoms with Crippen LogP contribution in [0, 0.1) is 18.6 Å². The van der Waals surface area contributed by atoms with E-state index >= 15 is 0 Å². The zero-order valence-corrected chi connectivity index (χ0v) is 17.6. The summed E-state index contributed by atoms with van der Waals surface area (Å²) in [7, 11) is 1.58. The molecule has 1 aromatic heterocycles. The Hall–Kier alpha value is -3.00. The number of benzene rings is 2. The lowest BCUT2D eigenvalue weighted by molar-refractivity contribution is -0.115. The van der Waals surface area contributed by atoms with Gasteiger partial charge in [0.15, 0.2) is 5.16 Å². The molecule has 3 rings (SSSR count). The van der Waals surface area contributed by atoms with Gasteiger partial charge in [0.05, 0.1) is 5.25 Å². The van der Waals surface area contributed by atoms with Crippen molar-refractivity contribution in [2.75, 3.05) is 5.32 Å². The molecule has 1 atom stereocenters. The second kappa shape index (κ2) is 9.21. The molecule has 0 aliphatic rings. The van der Waals surface area contributed by atoms with Gasteiger partial charge in [-0.2, -0.15) is 0 Å². The van der Waals surface area contributed by atoms with Crippen LogP contribution in [0.4, 0.5) is 14.5 Å². The van der Waals surface area contributed by atoms with E-state index in [0.29, 0.717) is 27.7 Å². The molecular weight excluding hydrogens is 408 g/mol. The van der Waals surface area contributed by atoms with E-state index in [9.17, 15) is 18.4 Å². The zero-order valence-electron chi connectivity index (χ0n) is 16.8. The van der Waals surface area contributed by atoms with Crippen molar-refractivity contribution in [2.45, 2.75) is 30.7 Å². The number of nitrogens with zero attached hydrogens (tertiary/aromatic N) is 2. The number of halogens is 2. The van der Waals surface area contributed by atoms with Gasteiger partial charge in [-0.3, -0.25) is 14.2 Å². The number of rotatable bonds is 6. The van der Waals surface area contributed by atoms with Crippen LogP contribution in [0.2, 0.25) is 0 Å². The first-order valence-electron chi connectivity index (χ1n) is 9.29. The number of thioether (sulfide) groups is 1. The maximum absolute atomic E-state index is 14.0. The van der Waals surface area contributed by atoms with Crippen LogP contribution in [0.3, 0.4) is 0 Å². The van der Waals surface area contributed by atoms with Crippen molar-refractivity contribution in [2.24, 2.45) is 7.05 Å². The van der Waals surface area contributed by atoms with Crippen LogP contribution < -0.4 is 10.9 Å². The summed E-state index contributed by atoms with van der Waals surface area (Å²) in [6.07, 6.45) is 0.143. The molecule has 1 amide bonds. The Bertz CT molecular complexity index is 1130. The van der Waals surface area contributed by atoms with Gasteiger partial charge in [0.1, 0.15) is 11.6 Å². The second-order valence-electron chi connectivity index (χ2n) is 6.85. The number of hydrogen-bond acceptors (Lipinski definition) is 4. The Kier molecular flexibility index (Phi) is 6.66. The van der Waals surface area contributed by atoms with E-state index in [1.807, 2.05) is 0 Å². The van der Waals surface area contributed by atoms with Gasteiger partial charge >= 0.3 is 0 Å². The van der Waals surface area contributed by atoms with Crippen LogP contribution in [0.15, 0.2) is 58.5 Å². The standard InChI is InChI=1S/C22H21F2N3O2S/c1-13-18(12-15-6-4-5-7-19(15)24)21(29)27(3)22(25-13)30-14(2)20(28)26-17-10-8-16(23)9-11-17/h4-11,14H,12H2,1-3H3,(H,26,28). The Labute approximate surface area is 177 Å². The van der Waals surface area contributed by atoms with Gasteiger partial charge in [-0.25, -0.2) is 13.8 Å². The van der Waals surface area contributed by atoms with Gasteiger partial charge in [0.2, 0.25) is 5.91 Å². The predicted molar refractivity (Wildman–Crippen MR) is 114 cm³/mol. The highest BCUT2D eigenvalue weighted by atomic mass is 32.2. The lowest BCUT2D eigenvalue weighted by Gasteiger charge is -2.16. The highest BCUT2D eigenvalue weighted by molar-refractivity contribution is 8.00. The minimum Gasteiger partial charge on any atom is -0.325 e. The Morgan fingerprint density at radius 3 is 2.50 bits per heavy atom. The summed E-state index contributed by atoms with van der Waals surface area (Å²) < 4.78 is 28.4. The molecule has 0 fully saturated rings. The minimum atomic E-state index is -0.551. The van der Waals surface area contributed by atoms with Crippen molar-refractivity contribution < 1.29 is 13.6 Å². The Balaban J connectivity index is 1.78.